The standard InChI is InChI=1S/C28H45NO4/c1-7-23(8-2)32-26(30)19-22-17-14-18-25(27(22)28(31)33-24(9-3)10-4)29(6)20(5)21-15-12-11-13-16-21/h11-13,15-16,20,22-25,27H,7-10,14,17-19H2,1-6H3/t20-,22-,25-,27-/m0/s1. The first kappa shape index (κ1) is 27.4. The minimum Gasteiger partial charge on any atom is -0.462 e. The average molecular weight is 460 g/mol. The van der Waals surface area contributed by atoms with Gasteiger partial charge in [-0.25, -0.2) is 0 Å². The van der Waals surface area contributed by atoms with Crippen LogP contribution in [0.2, 0.25) is 0 Å². The summed E-state index contributed by atoms with van der Waals surface area (Å²) in [5, 5.41) is 0. The van der Waals surface area contributed by atoms with Crippen molar-refractivity contribution in [2.75, 3.05) is 7.05 Å². The molecule has 33 heavy (non-hydrogen) atoms. The molecule has 0 spiro atoms. The predicted octanol–water partition coefficient (Wildman–Crippen LogP) is 6.32. The molecule has 0 aliphatic heterocycles. The van der Waals surface area contributed by atoms with Crippen molar-refractivity contribution < 1.29 is 19.1 Å². The summed E-state index contributed by atoms with van der Waals surface area (Å²) >= 11 is 0. The molecule has 1 fully saturated rings. The highest BCUT2D eigenvalue weighted by Crippen LogP contribution is 2.39. The molecule has 5 nitrogen and oxygen atoms in total. The van der Waals surface area contributed by atoms with E-state index >= 15 is 0 Å². The maximum absolute atomic E-state index is 13.5. The molecule has 0 aromatic heterocycles. The highest BCUT2D eigenvalue weighted by Gasteiger charge is 2.44. The molecule has 2 rings (SSSR count). The number of carbonyl (C=O) groups excluding carboxylic acids is 2. The van der Waals surface area contributed by atoms with Crippen molar-refractivity contribution in [2.45, 2.75) is 110 Å². The first-order chi connectivity index (χ1) is 15.9. The number of esters is 2. The van der Waals surface area contributed by atoms with Gasteiger partial charge < -0.3 is 9.47 Å². The van der Waals surface area contributed by atoms with Crippen molar-refractivity contribution in [3.8, 4) is 0 Å². The zero-order valence-electron chi connectivity index (χ0n) is 21.6. The minimum atomic E-state index is -0.329. The molecule has 1 aromatic carbocycles. The molecule has 4 atom stereocenters. The fourth-order valence-corrected chi connectivity index (χ4v) is 5.15. The molecular formula is C28H45NO4. The lowest BCUT2D eigenvalue weighted by atomic mass is 9.73. The molecule has 1 saturated carbocycles. The minimum absolute atomic E-state index is 0.0294. The summed E-state index contributed by atoms with van der Waals surface area (Å²) in [7, 11) is 2.10. The molecule has 0 amide bonds. The summed E-state index contributed by atoms with van der Waals surface area (Å²) in [6.45, 7) is 10.4. The summed E-state index contributed by atoms with van der Waals surface area (Å²) in [5.41, 5.74) is 1.22. The molecule has 0 heterocycles. The summed E-state index contributed by atoms with van der Waals surface area (Å²) in [6.07, 6.45) is 6.16. The Bertz CT molecular complexity index is 714. The molecule has 0 bridgehead atoms. The monoisotopic (exact) mass is 459 g/mol. The van der Waals surface area contributed by atoms with E-state index in [4.69, 9.17) is 9.47 Å². The molecule has 0 saturated heterocycles. The summed E-state index contributed by atoms with van der Waals surface area (Å²) in [6, 6.07) is 10.6. The highest BCUT2D eigenvalue weighted by atomic mass is 16.5. The molecule has 1 aliphatic rings. The number of hydrogen-bond acceptors (Lipinski definition) is 5. The quantitative estimate of drug-likeness (QED) is 0.342. The second kappa shape index (κ2) is 13.7. The van der Waals surface area contributed by atoms with Gasteiger partial charge in [-0.2, -0.15) is 0 Å². The van der Waals surface area contributed by atoms with E-state index in [2.05, 4.69) is 43.1 Å². The topological polar surface area (TPSA) is 55.8 Å². The van der Waals surface area contributed by atoms with Gasteiger partial charge in [0.25, 0.3) is 0 Å². The van der Waals surface area contributed by atoms with Crippen molar-refractivity contribution >= 4 is 11.9 Å². The van der Waals surface area contributed by atoms with Gasteiger partial charge >= 0.3 is 11.9 Å². The maximum atomic E-state index is 13.5. The van der Waals surface area contributed by atoms with Crippen molar-refractivity contribution in [3.63, 3.8) is 0 Å². The van der Waals surface area contributed by atoms with Crippen LogP contribution in [-0.2, 0) is 19.1 Å². The highest BCUT2D eigenvalue weighted by molar-refractivity contribution is 5.76. The Balaban J connectivity index is 2.26. The third-order valence-electron chi connectivity index (χ3n) is 7.52. The van der Waals surface area contributed by atoms with Gasteiger partial charge in [0.2, 0.25) is 0 Å². The normalized spacial score (nSPS) is 21.9. The van der Waals surface area contributed by atoms with Gasteiger partial charge in [-0.1, -0.05) is 64.4 Å². The van der Waals surface area contributed by atoms with Crippen LogP contribution >= 0.6 is 0 Å². The van der Waals surface area contributed by atoms with Gasteiger partial charge in [0.05, 0.1) is 5.92 Å². The van der Waals surface area contributed by atoms with Crippen molar-refractivity contribution in [1.82, 2.24) is 4.90 Å². The Morgan fingerprint density at radius 1 is 0.939 bits per heavy atom. The van der Waals surface area contributed by atoms with Crippen LogP contribution in [0.4, 0.5) is 0 Å². The number of nitrogens with zero attached hydrogens (tertiary/aromatic N) is 1. The zero-order valence-corrected chi connectivity index (χ0v) is 21.6. The molecule has 0 radical (unpaired) electrons. The van der Waals surface area contributed by atoms with Crippen molar-refractivity contribution in [2.24, 2.45) is 11.8 Å². The van der Waals surface area contributed by atoms with E-state index in [0.29, 0.717) is 0 Å². The second-order valence-corrected chi connectivity index (χ2v) is 9.54. The molecule has 1 aliphatic carbocycles. The van der Waals surface area contributed by atoms with E-state index in [1.54, 1.807) is 0 Å². The van der Waals surface area contributed by atoms with Crippen molar-refractivity contribution in [3.05, 3.63) is 35.9 Å². The van der Waals surface area contributed by atoms with E-state index in [0.717, 1.165) is 44.9 Å². The SMILES string of the molecule is CCC(CC)OC(=O)C[C@@H]1CCC[C@H](N(C)[C@@H](C)c2ccccc2)[C@H]1C(=O)OC(CC)CC. The summed E-state index contributed by atoms with van der Waals surface area (Å²) in [5.74, 6) is -0.725. The van der Waals surface area contributed by atoms with Gasteiger partial charge in [0.1, 0.15) is 12.2 Å². The first-order valence-electron chi connectivity index (χ1n) is 13.0. The van der Waals surface area contributed by atoms with Gasteiger partial charge in [0.15, 0.2) is 0 Å². The largest absolute Gasteiger partial charge is 0.462 e. The Morgan fingerprint density at radius 2 is 1.52 bits per heavy atom. The van der Waals surface area contributed by atoms with Gasteiger partial charge in [-0.15, -0.1) is 0 Å². The molecular weight excluding hydrogens is 414 g/mol. The number of rotatable bonds is 12. The van der Waals surface area contributed by atoms with Crippen LogP contribution in [0.3, 0.4) is 0 Å². The third kappa shape index (κ3) is 7.56. The number of carbonyl (C=O) groups is 2. The van der Waals surface area contributed by atoms with E-state index < -0.39 is 0 Å². The Labute approximate surface area is 201 Å². The zero-order chi connectivity index (χ0) is 24.4. The first-order valence-corrected chi connectivity index (χ1v) is 13.0. The molecule has 0 N–H and O–H groups in total. The molecule has 186 valence electrons. The fraction of sp³-hybridized carbons (Fsp3) is 0.714. The predicted molar refractivity (Wildman–Crippen MR) is 133 cm³/mol. The van der Waals surface area contributed by atoms with Crippen molar-refractivity contribution in [1.29, 1.82) is 0 Å². The Kier molecular flexibility index (Phi) is 11.4. The Hall–Kier alpha value is -1.88. The lowest BCUT2D eigenvalue weighted by molar-refractivity contribution is -0.163. The molecule has 5 heteroatoms. The van der Waals surface area contributed by atoms with Crippen LogP contribution in [-0.4, -0.2) is 42.1 Å². The number of benzene rings is 1. The van der Waals surface area contributed by atoms with Gasteiger partial charge in [0, 0.05) is 18.5 Å². The van der Waals surface area contributed by atoms with E-state index in [9.17, 15) is 9.59 Å². The lowest BCUT2D eigenvalue weighted by Crippen LogP contribution is -2.49. The van der Waals surface area contributed by atoms with E-state index in [1.165, 1.54) is 5.56 Å². The third-order valence-corrected chi connectivity index (χ3v) is 7.52. The van der Waals surface area contributed by atoms with Crippen LogP contribution in [0.15, 0.2) is 30.3 Å². The fourth-order valence-electron chi connectivity index (χ4n) is 5.15. The van der Waals surface area contributed by atoms with Gasteiger partial charge in [-0.05, 0) is 64.0 Å². The van der Waals surface area contributed by atoms with E-state index in [-0.39, 0.29) is 54.5 Å². The Morgan fingerprint density at radius 3 is 2.09 bits per heavy atom. The smallest absolute Gasteiger partial charge is 0.311 e. The number of ether oxygens (including phenoxy) is 2. The van der Waals surface area contributed by atoms with Crippen LogP contribution in [0.25, 0.3) is 0 Å². The lowest BCUT2D eigenvalue weighted by Gasteiger charge is -2.43. The van der Waals surface area contributed by atoms with Crippen LogP contribution in [0.5, 0.6) is 0 Å². The van der Waals surface area contributed by atoms with Crippen LogP contribution in [0, 0.1) is 11.8 Å². The van der Waals surface area contributed by atoms with Crippen LogP contribution in [0.1, 0.15) is 97.6 Å². The second-order valence-electron chi connectivity index (χ2n) is 9.54. The number of hydrogen-bond donors (Lipinski definition) is 0. The molecule has 0 unspecified atom stereocenters. The van der Waals surface area contributed by atoms with Crippen LogP contribution < -0.4 is 0 Å². The van der Waals surface area contributed by atoms with E-state index in [1.807, 2.05) is 33.8 Å². The summed E-state index contributed by atoms with van der Waals surface area (Å²) in [4.78, 5) is 28.6. The average Bonchev–Trinajstić information content (AvgIpc) is 2.85. The maximum Gasteiger partial charge on any atom is 0.311 e. The summed E-state index contributed by atoms with van der Waals surface area (Å²) < 4.78 is 11.7. The van der Waals surface area contributed by atoms with Gasteiger partial charge in [-0.3, -0.25) is 14.5 Å². The molecule has 1 aromatic rings.